The van der Waals surface area contributed by atoms with Gasteiger partial charge in [-0.3, -0.25) is 9.59 Å². The molecule has 30 heavy (non-hydrogen) atoms. The van der Waals surface area contributed by atoms with E-state index < -0.39 is 11.7 Å². The fourth-order valence-corrected chi connectivity index (χ4v) is 3.20. The largest absolute Gasteiger partial charge is 0.497 e. The lowest BCUT2D eigenvalue weighted by molar-refractivity contribution is 0.0785. The maximum atomic E-state index is 13.4. The standard InChI is InChI=1S/C23H20ClFN2O3/c1-27(23(29)16-7-4-10-19(13-16)30-2)14-17-8-5-11-20(24)21(17)26-22(28)15-6-3-9-18(25)12-15/h3-13H,14H2,1-2H3,(H,26,28). The van der Waals surface area contributed by atoms with Gasteiger partial charge in [-0.1, -0.05) is 35.9 Å². The molecule has 0 spiro atoms. The van der Waals surface area contributed by atoms with Gasteiger partial charge in [-0.05, 0) is 48.0 Å². The van der Waals surface area contributed by atoms with E-state index in [9.17, 15) is 14.0 Å². The lowest BCUT2D eigenvalue weighted by Gasteiger charge is -2.20. The van der Waals surface area contributed by atoms with E-state index in [0.29, 0.717) is 27.6 Å². The Bertz CT molecular complexity index is 1090. The number of hydrogen-bond donors (Lipinski definition) is 1. The van der Waals surface area contributed by atoms with E-state index in [1.165, 1.54) is 30.2 Å². The average molecular weight is 427 g/mol. The van der Waals surface area contributed by atoms with Gasteiger partial charge in [-0.25, -0.2) is 4.39 Å². The number of carbonyl (C=O) groups excluding carboxylic acids is 2. The van der Waals surface area contributed by atoms with Crippen LogP contribution in [0.5, 0.6) is 5.75 Å². The van der Waals surface area contributed by atoms with Gasteiger partial charge in [0.05, 0.1) is 17.8 Å². The Labute approximate surface area is 179 Å². The zero-order valence-electron chi connectivity index (χ0n) is 16.5. The van der Waals surface area contributed by atoms with Crippen LogP contribution in [0.25, 0.3) is 0 Å². The molecular formula is C23H20ClFN2O3. The Morgan fingerprint density at radius 1 is 1.03 bits per heavy atom. The minimum atomic E-state index is -0.509. The van der Waals surface area contributed by atoms with Gasteiger partial charge >= 0.3 is 0 Å². The summed E-state index contributed by atoms with van der Waals surface area (Å²) in [4.78, 5) is 26.9. The topological polar surface area (TPSA) is 58.6 Å². The molecule has 0 saturated carbocycles. The smallest absolute Gasteiger partial charge is 0.255 e. The van der Waals surface area contributed by atoms with Gasteiger partial charge < -0.3 is 15.0 Å². The molecule has 5 nitrogen and oxygen atoms in total. The van der Waals surface area contributed by atoms with E-state index in [4.69, 9.17) is 16.3 Å². The molecule has 0 unspecified atom stereocenters. The van der Waals surface area contributed by atoms with Gasteiger partial charge in [0, 0.05) is 24.7 Å². The minimum Gasteiger partial charge on any atom is -0.497 e. The van der Waals surface area contributed by atoms with Crippen molar-refractivity contribution in [2.75, 3.05) is 19.5 Å². The van der Waals surface area contributed by atoms with Crippen molar-refractivity contribution in [2.24, 2.45) is 0 Å². The maximum Gasteiger partial charge on any atom is 0.255 e. The van der Waals surface area contributed by atoms with Gasteiger partial charge in [0.25, 0.3) is 11.8 Å². The van der Waals surface area contributed by atoms with Crippen molar-refractivity contribution in [1.29, 1.82) is 0 Å². The fraction of sp³-hybridized carbons (Fsp3) is 0.130. The summed E-state index contributed by atoms with van der Waals surface area (Å²) in [6, 6.07) is 17.4. The predicted octanol–water partition coefficient (Wildman–Crippen LogP) is 5.01. The maximum absolute atomic E-state index is 13.4. The van der Waals surface area contributed by atoms with Crippen LogP contribution in [0.1, 0.15) is 26.3 Å². The normalized spacial score (nSPS) is 10.4. The number of carbonyl (C=O) groups is 2. The first-order valence-corrected chi connectivity index (χ1v) is 9.50. The molecule has 7 heteroatoms. The van der Waals surface area contributed by atoms with E-state index in [0.717, 1.165) is 6.07 Å². The van der Waals surface area contributed by atoms with Crippen LogP contribution in [-0.2, 0) is 6.54 Å². The number of ether oxygens (including phenoxy) is 1. The number of nitrogens with zero attached hydrogens (tertiary/aromatic N) is 1. The number of hydrogen-bond acceptors (Lipinski definition) is 3. The lowest BCUT2D eigenvalue weighted by Crippen LogP contribution is -2.27. The molecular weight excluding hydrogens is 407 g/mol. The number of benzene rings is 3. The highest BCUT2D eigenvalue weighted by Gasteiger charge is 2.17. The number of methoxy groups -OCH3 is 1. The molecule has 0 atom stereocenters. The third-order valence-electron chi connectivity index (χ3n) is 4.50. The number of para-hydroxylation sites is 1. The van der Waals surface area contributed by atoms with Crippen molar-refractivity contribution in [3.05, 3.63) is 94.3 Å². The minimum absolute atomic E-state index is 0.168. The summed E-state index contributed by atoms with van der Waals surface area (Å²) >= 11 is 6.30. The number of nitrogens with one attached hydrogen (secondary N) is 1. The summed E-state index contributed by atoms with van der Waals surface area (Å²) in [6.07, 6.45) is 0. The summed E-state index contributed by atoms with van der Waals surface area (Å²) in [5, 5.41) is 3.05. The first-order valence-electron chi connectivity index (χ1n) is 9.13. The van der Waals surface area contributed by atoms with Crippen LogP contribution in [0.15, 0.2) is 66.7 Å². The second-order valence-electron chi connectivity index (χ2n) is 6.63. The second kappa shape index (κ2) is 9.41. The quantitative estimate of drug-likeness (QED) is 0.602. The average Bonchev–Trinajstić information content (AvgIpc) is 2.75. The van der Waals surface area contributed by atoms with Crippen molar-refractivity contribution in [2.45, 2.75) is 6.54 Å². The summed E-state index contributed by atoms with van der Waals surface area (Å²) in [6.45, 7) is 0.204. The van der Waals surface area contributed by atoms with Gasteiger partial charge in [0.2, 0.25) is 0 Å². The molecule has 3 aromatic rings. The molecule has 0 aromatic heterocycles. The highest BCUT2D eigenvalue weighted by Crippen LogP contribution is 2.28. The van der Waals surface area contributed by atoms with Gasteiger partial charge in [-0.15, -0.1) is 0 Å². The Hall–Kier alpha value is -3.38. The molecule has 0 fully saturated rings. The van der Waals surface area contributed by atoms with Crippen molar-refractivity contribution in [3.8, 4) is 5.75 Å². The number of halogens is 2. The lowest BCUT2D eigenvalue weighted by atomic mass is 10.1. The van der Waals surface area contributed by atoms with Gasteiger partial charge in [0.15, 0.2) is 0 Å². The van der Waals surface area contributed by atoms with Crippen molar-refractivity contribution < 1.29 is 18.7 Å². The number of anilines is 1. The van der Waals surface area contributed by atoms with E-state index in [2.05, 4.69) is 5.32 Å². The highest BCUT2D eigenvalue weighted by molar-refractivity contribution is 6.34. The van der Waals surface area contributed by atoms with Crippen LogP contribution < -0.4 is 10.1 Å². The van der Waals surface area contributed by atoms with Crippen molar-refractivity contribution in [3.63, 3.8) is 0 Å². The van der Waals surface area contributed by atoms with E-state index >= 15 is 0 Å². The number of rotatable bonds is 6. The summed E-state index contributed by atoms with van der Waals surface area (Å²) < 4.78 is 18.6. The van der Waals surface area contributed by atoms with E-state index in [-0.39, 0.29) is 18.0 Å². The third kappa shape index (κ3) is 4.96. The Balaban J connectivity index is 1.82. The van der Waals surface area contributed by atoms with Crippen molar-refractivity contribution >= 4 is 29.1 Å². The highest BCUT2D eigenvalue weighted by atomic mass is 35.5. The monoisotopic (exact) mass is 426 g/mol. The molecule has 0 heterocycles. The number of amides is 2. The molecule has 2 amide bonds. The molecule has 0 bridgehead atoms. The molecule has 0 radical (unpaired) electrons. The Morgan fingerprint density at radius 3 is 2.47 bits per heavy atom. The Morgan fingerprint density at radius 2 is 1.73 bits per heavy atom. The Kier molecular flexibility index (Phi) is 6.69. The molecule has 0 saturated heterocycles. The molecule has 0 aliphatic rings. The van der Waals surface area contributed by atoms with Crippen LogP contribution in [0, 0.1) is 5.82 Å². The van der Waals surface area contributed by atoms with Crippen LogP contribution in [0.3, 0.4) is 0 Å². The van der Waals surface area contributed by atoms with Gasteiger partial charge in [-0.2, -0.15) is 0 Å². The molecule has 3 aromatic carbocycles. The SMILES string of the molecule is COc1cccc(C(=O)N(C)Cc2cccc(Cl)c2NC(=O)c2cccc(F)c2)c1. The summed E-state index contributed by atoms with van der Waals surface area (Å²) in [5.74, 6) is -0.632. The molecule has 0 aliphatic carbocycles. The zero-order valence-corrected chi connectivity index (χ0v) is 17.2. The summed E-state index contributed by atoms with van der Waals surface area (Å²) in [7, 11) is 3.19. The van der Waals surface area contributed by atoms with Gasteiger partial charge in [0.1, 0.15) is 11.6 Å². The van der Waals surface area contributed by atoms with Crippen LogP contribution in [0.4, 0.5) is 10.1 Å². The van der Waals surface area contributed by atoms with E-state index in [1.54, 1.807) is 49.5 Å². The molecule has 3 rings (SSSR count). The second-order valence-corrected chi connectivity index (χ2v) is 7.04. The van der Waals surface area contributed by atoms with Crippen LogP contribution in [-0.4, -0.2) is 30.9 Å². The first kappa shape index (κ1) is 21.3. The van der Waals surface area contributed by atoms with Crippen molar-refractivity contribution in [1.82, 2.24) is 4.90 Å². The first-order chi connectivity index (χ1) is 14.4. The zero-order chi connectivity index (χ0) is 21.7. The molecule has 1 N–H and O–H groups in total. The predicted molar refractivity (Wildman–Crippen MR) is 115 cm³/mol. The van der Waals surface area contributed by atoms with Crippen LogP contribution in [0.2, 0.25) is 5.02 Å². The molecule has 0 aliphatic heterocycles. The molecule has 154 valence electrons. The third-order valence-corrected chi connectivity index (χ3v) is 4.81. The summed E-state index contributed by atoms with van der Waals surface area (Å²) in [5.41, 5.74) is 1.66. The van der Waals surface area contributed by atoms with E-state index in [1.807, 2.05) is 0 Å². The van der Waals surface area contributed by atoms with Crippen LogP contribution >= 0.6 is 11.6 Å². The fourth-order valence-electron chi connectivity index (χ4n) is 2.96.